The van der Waals surface area contributed by atoms with E-state index in [0.717, 1.165) is 20.9 Å². The molecule has 0 spiro atoms. The van der Waals surface area contributed by atoms with Crippen molar-refractivity contribution in [3.05, 3.63) is 50.3 Å². The van der Waals surface area contributed by atoms with Gasteiger partial charge in [0.15, 0.2) is 4.67 Å². The maximum absolute atomic E-state index is 5.79. The number of halogens is 3. The lowest BCUT2D eigenvalue weighted by molar-refractivity contribution is 0.494. The topological polar surface area (TPSA) is 25.2 Å². The molecule has 0 aliphatic heterocycles. The molecule has 2 nitrogen and oxygen atoms in total. The van der Waals surface area contributed by atoms with Crippen molar-refractivity contribution < 1.29 is 4.42 Å². The molecular formula is C11H8Br2ClNO. The fourth-order valence-electron chi connectivity index (χ4n) is 1.24. The van der Waals surface area contributed by atoms with Crippen molar-refractivity contribution in [1.29, 1.82) is 0 Å². The van der Waals surface area contributed by atoms with E-state index in [1.54, 1.807) is 0 Å². The van der Waals surface area contributed by atoms with Gasteiger partial charge in [0.1, 0.15) is 5.76 Å². The highest BCUT2D eigenvalue weighted by atomic mass is 79.9. The van der Waals surface area contributed by atoms with Crippen molar-refractivity contribution in [3.8, 4) is 0 Å². The number of hydrogen-bond acceptors (Lipinski definition) is 2. The smallest absolute Gasteiger partial charge is 0.183 e. The van der Waals surface area contributed by atoms with Gasteiger partial charge in [-0.3, -0.25) is 0 Å². The van der Waals surface area contributed by atoms with Gasteiger partial charge in [-0.2, -0.15) is 0 Å². The van der Waals surface area contributed by atoms with Crippen molar-refractivity contribution >= 4 is 49.1 Å². The van der Waals surface area contributed by atoms with E-state index < -0.39 is 0 Å². The van der Waals surface area contributed by atoms with Gasteiger partial charge in [-0.1, -0.05) is 11.6 Å². The van der Waals surface area contributed by atoms with E-state index in [2.05, 4.69) is 37.2 Å². The normalized spacial score (nSPS) is 10.4. The third-order valence-electron chi connectivity index (χ3n) is 2.01. The van der Waals surface area contributed by atoms with E-state index in [-0.39, 0.29) is 0 Å². The number of anilines is 1. The Kier molecular flexibility index (Phi) is 3.95. The van der Waals surface area contributed by atoms with Gasteiger partial charge in [-0.05, 0) is 62.2 Å². The van der Waals surface area contributed by atoms with Gasteiger partial charge in [0.25, 0.3) is 0 Å². The third kappa shape index (κ3) is 3.03. The van der Waals surface area contributed by atoms with E-state index in [9.17, 15) is 0 Å². The molecule has 0 aliphatic rings. The summed E-state index contributed by atoms with van der Waals surface area (Å²) in [6.45, 7) is 0.631. The molecule has 1 aromatic heterocycles. The number of rotatable bonds is 3. The average Bonchev–Trinajstić information content (AvgIpc) is 2.58. The van der Waals surface area contributed by atoms with Crippen molar-refractivity contribution in [2.75, 3.05) is 5.32 Å². The molecule has 0 aliphatic carbocycles. The zero-order valence-electron chi connectivity index (χ0n) is 8.14. The zero-order chi connectivity index (χ0) is 11.5. The molecule has 5 heteroatoms. The predicted octanol–water partition coefficient (Wildman–Crippen LogP) is 5.07. The standard InChI is InChI=1S/C11H8Br2ClNO/c12-10-5-9(16-11(10)13)6-15-8-3-1-7(14)2-4-8/h1-5,15H,6H2. The fourth-order valence-corrected chi connectivity index (χ4v) is 2.02. The van der Waals surface area contributed by atoms with Crippen LogP contribution >= 0.6 is 43.5 Å². The van der Waals surface area contributed by atoms with Gasteiger partial charge in [0, 0.05) is 10.7 Å². The lowest BCUT2D eigenvalue weighted by Crippen LogP contribution is -1.97. The summed E-state index contributed by atoms with van der Waals surface area (Å²) in [5.41, 5.74) is 1.01. The Bertz CT molecular complexity index is 462. The van der Waals surface area contributed by atoms with Crippen LogP contribution in [0.5, 0.6) is 0 Å². The molecule has 2 rings (SSSR count). The van der Waals surface area contributed by atoms with Gasteiger partial charge >= 0.3 is 0 Å². The summed E-state index contributed by atoms with van der Waals surface area (Å²) in [7, 11) is 0. The molecule has 84 valence electrons. The van der Waals surface area contributed by atoms with Crippen LogP contribution in [0.15, 0.2) is 43.9 Å². The molecular weight excluding hydrogens is 357 g/mol. The molecule has 1 heterocycles. The van der Waals surface area contributed by atoms with Crippen LogP contribution in [0.4, 0.5) is 5.69 Å². The summed E-state index contributed by atoms with van der Waals surface area (Å²) >= 11 is 12.5. The molecule has 1 N–H and O–H groups in total. The highest BCUT2D eigenvalue weighted by molar-refractivity contribution is 9.13. The Labute approximate surface area is 115 Å². The molecule has 0 atom stereocenters. The summed E-state index contributed by atoms with van der Waals surface area (Å²) in [6, 6.07) is 9.47. The van der Waals surface area contributed by atoms with E-state index in [1.807, 2.05) is 30.3 Å². The molecule has 1 aromatic carbocycles. The van der Waals surface area contributed by atoms with E-state index in [0.29, 0.717) is 11.2 Å². The molecule has 0 amide bonds. The van der Waals surface area contributed by atoms with Crippen LogP contribution < -0.4 is 5.32 Å². The minimum absolute atomic E-state index is 0.631. The Morgan fingerprint density at radius 1 is 1.19 bits per heavy atom. The first-order valence-corrected chi connectivity index (χ1v) is 6.54. The summed E-state index contributed by atoms with van der Waals surface area (Å²) < 4.78 is 7.07. The van der Waals surface area contributed by atoms with E-state index >= 15 is 0 Å². The number of benzene rings is 1. The molecule has 0 unspecified atom stereocenters. The van der Waals surface area contributed by atoms with E-state index in [1.165, 1.54) is 0 Å². The predicted molar refractivity (Wildman–Crippen MR) is 72.9 cm³/mol. The summed E-state index contributed by atoms with van der Waals surface area (Å²) in [4.78, 5) is 0. The quantitative estimate of drug-likeness (QED) is 0.821. The summed E-state index contributed by atoms with van der Waals surface area (Å²) in [5, 5.41) is 3.97. The molecule has 0 bridgehead atoms. The van der Waals surface area contributed by atoms with Crippen LogP contribution in [-0.2, 0) is 6.54 Å². The van der Waals surface area contributed by atoms with E-state index in [4.69, 9.17) is 16.0 Å². The Morgan fingerprint density at radius 2 is 1.88 bits per heavy atom. The van der Waals surface area contributed by atoms with Crippen LogP contribution in [0.3, 0.4) is 0 Å². The Morgan fingerprint density at radius 3 is 2.44 bits per heavy atom. The molecule has 16 heavy (non-hydrogen) atoms. The SMILES string of the molecule is Clc1ccc(NCc2cc(Br)c(Br)o2)cc1. The summed E-state index contributed by atoms with van der Waals surface area (Å²) in [6.07, 6.45) is 0. The number of nitrogens with one attached hydrogen (secondary N) is 1. The summed E-state index contributed by atoms with van der Waals surface area (Å²) in [5.74, 6) is 0.855. The van der Waals surface area contributed by atoms with Crippen LogP contribution in [0.25, 0.3) is 0 Å². The second-order valence-corrected chi connectivity index (χ2v) is 5.21. The molecule has 0 radical (unpaired) electrons. The maximum atomic E-state index is 5.79. The highest BCUT2D eigenvalue weighted by Gasteiger charge is 2.05. The lowest BCUT2D eigenvalue weighted by Gasteiger charge is -2.03. The first kappa shape index (κ1) is 12.0. The minimum atomic E-state index is 0.631. The van der Waals surface area contributed by atoms with Crippen LogP contribution in [0, 0.1) is 0 Å². The van der Waals surface area contributed by atoms with Crippen LogP contribution in [-0.4, -0.2) is 0 Å². The maximum Gasteiger partial charge on any atom is 0.183 e. The number of furan rings is 1. The van der Waals surface area contributed by atoms with Gasteiger partial charge < -0.3 is 9.73 Å². The molecule has 0 saturated heterocycles. The molecule has 2 aromatic rings. The monoisotopic (exact) mass is 363 g/mol. The van der Waals surface area contributed by atoms with Gasteiger partial charge in [-0.25, -0.2) is 0 Å². The van der Waals surface area contributed by atoms with Crippen LogP contribution in [0.1, 0.15) is 5.76 Å². The Balaban J connectivity index is 1.99. The number of hydrogen-bond donors (Lipinski definition) is 1. The van der Waals surface area contributed by atoms with Gasteiger partial charge in [0.05, 0.1) is 11.0 Å². The van der Waals surface area contributed by atoms with Gasteiger partial charge in [0.2, 0.25) is 0 Å². The molecule has 0 saturated carbocycles. The van der Waals surface area contributed by atoms with Crippen LogP contribution in [0.2, 0.25) is 5.02 Å². The third-order valence-corrected chi connectivity index (χ3v) is 3.97. The first-order valence-electron chi connectivity index (χ1n) is 4.58. The van der Waals surface area contributed by atoms with Crippen molar-refractivity contribution in [1.82, 2.24) is 0 Å². The average molecular weight is 365 g/mol. The zero-order valence-corrected chi connectivity index (χ0v) is 12.1. The van der Waals surface area contributed by atoms with Crippen molar-refractivity contribution in [2.45, 2.75) is 6.54 Å². The lowest BCUT2D eigenvalue weighted by atomic mass is 10.3. The Hall–Kier alpha value is -0.450. The van der Waals surface area contributed by atoms with Crippen molar-refractivity contribution in [3.63, 3.8) is 0 Å². The van der Waals surface area contributed by atoms with Crippen molar-refractivity contribution in [2.24, 2.45) is 0 Å². The second-order valence-electron chi connectivity index (χ2n) is 3.19. The second kappa shape index (κ2) is 5.25. The first-order chi connectivity index (χ1) is 7.65. The van der Waals surface area contributed by atoms with Gasteiger partial charge in [-0.15, -0.1) is 0 Å². The highest BCUT2D eigenvalue weighted by Crippen LogP contribution is 2.27. The minimum Gasteiger partial charge on any atom is -0.451 e. The fraction of sp³-hybridized carbons (Fsp3) is 0.0909. The molecule has 0 fully saturated rings. The largest absolute Gasteiger partial charge is 0.451 e.